The van der Waals surface area contributed by atoms with E-state index in [2.05, 4.69) is 25.5 Å². The van der Waals surface area contributed by atoms with Crippen LogP contribution in [0.5, 0.6) is 0 Å². The van der Waals surface area contributed by atoms with Crippen molar-refractivity contribution in [1.82, 2.24) is 29.4 Å². The van der Waals surface area contributed by atoms with Crippen LogP contribution in [0.25, 0.3) is 27.0 Å². The summed E-state index contributed by atoms with van der Waals surface area (Å²) in [5, 5.41) is 11.6. The Kier molecular flexibility index (Phi) is 5.51. The van der Waals surface area contributed by atoms with Crippen LogP contribution in [0, 0.1) is 20.8 Å². The quantitative estimate of drug-likeness (QED) is 0.368. The number of fused-ring (bicyclic) bond motifs is 2. The van der Waals surface area contributed by atoms with Crippen LogP contribution >= 0.6 is 11.3 Å². The highest BCUT2D eigenvalue weighted by Crippen LogP contribution is 2.43. The molecule has 0 aliphatic carbocycles. The molecule has 0 aliphatic heterocycles. The minimum atomic E-state index is -2.85. The third-order valence-electron chi connectivity index (χ3n) is 5.69. The van der Waals surface area contributed by atoms with Gasteiger partial charge in [0.05, 0.1) is 17.6 Å². The van der Waals surface area contributed by atoms with Crippen molar-refractivity contribution in [2.45, 2.75) is 27.2 Å². The first-order chi connectivity index (χ1) is 17.0. The number of carbonyl (C=O) groups is 2. The lowest BCUT2D eigenvalue weighted by Gasteiger charge is -2.10. The number of nitrogens with one attached hydrogen (secondary N) is 1. The first kappa shape index (κ1) is 23.5. The smallest absolute Gasteiger partial charge is 0.280 e. The Morgan fingerprint density at radius 3 is 2.53 bits per heavy atom. The van der Waals surface area contributed by atoms with Gasteiger partial charge in [-0.2, -0.15) is 10.2 Å². The molecular weight excluding hydrogens is 490 g/mol. The molecule has 0 radical (unpaired) electrons. The van der Waals surface area contributed by atoms with Gasteiger partial charge in [0.1, 0.15) is 21.0 Å². The van der Waals surface area contributed by atoms with Crippen LogP contribution in [-0.2, 0) is 7.05 Å². The Bertz CT molecular complexity index is 1700. The van der Waals surface area contributed by atoms with Crippen molar-refractivity contribution in [1.29, 1.82) is 0 Å². The summed E-state index contributed by atoms with van der Waals surface area (Å²) in [5.74, 6) is -1.41. The van der Waals surface area contributed by atoms with E-state index in [9.17, 15) is 18.4 Å². The van der Waals surface area contributed by atoms with E-state index in [1.165, 1.54) is 16.8 Å². The van der Waals surface area contributed by atoms with Crippen molar-refractivity contribution in [3.63, 3.8) is 0 Å². The standard InChI is InChI=1S/C23H20F2N8O2S/c1-9-5-10(2)33-21(28-9)13(7-27-33)22(35)30-17-16-12(14-8-32(4)31-11(14)3)6-15(19(24)25)29-23(16)36-18(17)20(26)34/h5-8,19H,1-4H3,(H2,26,34)(H,30,35). The topological polar surface area (TPSA) is 133 Å². The Morgan fingerprint density at radius 2 is 1.89 bits per heavy atom. The van der Waals surface area contributed by atoms with E-state index in [0.717, 1.165) is 17.0 Å². The number of aromatic nitrogens is 6. The minimum absolute atomic E-state index is 0.0168. The lowest BCUT2D eigenvalue weighted by molar-refractivity contribution is 0.100. The van der Waals surface area contributed by atoms with E-state index in [4.69, 9.17) is 5.73 Å². The molecule has 5 aromatic heterocycles. The van der Waals surface area contributed by atoms with Crippen molar-refractivity contribution < 1.29 is 18.4 Å². The van der Waals surface area contributed by atoms with Crippen LogP contribution < -0.4 is 11.1 Å². The van der Waals surface area contributed by atoms with Gasteiger partial charge in [0.15, 0.2) is 5.65 Å². The molecular formula is C23H20F2N8O2S. The normalized spacial score (nSPS) is 11.6. The van der Waals surface area contributed by atoms with E-state index >= 15 is 0 Å². The molecule has 0 unspecified atom stereocenters. The average Bonchev–Trinajstić information content (AvgIpc) is 3.48. The predicted octanol–water partition coefficient (Wildman–Crippen LogP) is 3.95. The highest BCUT2D eigenvalue weighted by molar-refractivity contribution is 7.21. The molecule has 5 aromatic rings. The van der Waals surface area contributed by atoms with E-state index in [0.29, 0.717) is 33.5 Å². The number of pyridine rings is 1. The number of alkyl halides is 2. The summed E-state index contributed by atoms with van der Waals surface area (Å²) in [6.45, 7) is 5.37. The van der Waals surface area contributed by atoms with Crippen molar-refractivity contribution in [3.8, 4) is 11.1 Å². The summed E-state index contributed by atoms with van der Waals surface area (Å²) >= 11 is 0.835. The second-order valence-electron chi connectivity index (χ2n) is 8.33. The third-order valence-corrected chi connectivity index (χ3v) is 6.79. The molecule has 0 atom stereocenters. The minimum Gasteiger partial charge on any atom is -0.365 e. The zero-order valence-electron chi connectivity index (χ0n) is 19.6. The fourth-order valence-corrected chi connectivity index (χ4v) is 5.22. The van der Waals surface area contributed by atoms with Crippen molar-refractivity contribution >= 4 is 44.7 Å². The van der Waals surface area contributed by atoms with Gasteiger partial charge >= 0.3 is 0 Å². The second kappa shape index (κ2) is 8.45. The van der Waals surface area contributed by atoms with Crippen LogP contribution in [0.1, 0.15) is 49.2 Å². The second-order valence-corrected chi connectivity index (χ2v) is 9.33. The maximum atomic E-state index is 13.7. The summed E-state index contributed by atoms with van der Waals surface area (Å²) in [6.07, 6.45) is 0.202. The monoisotopic (exact) mass is 510 g/mol. The number of thiophene rings is 1. The number of amides is 2. The van der Waals surface area contributed by atoms with E-state index in [1.54, 1.807) is 31.8 Å². The Morgan fingerprint density at radius 1 is 1.14 bits per heavy atom. The molecule has 13 heteroatoms. The fourth-order valence-electron chi connectivity index (χ4n) is 4.21. The summed E-state index contributed by atoms with van der Waals surface area (Å²) in [7, 11) is 1.70. The van der Waals surface area contributed by atoms with Gasteiger partial charge in [-0.15, -0.1) is 11.3 Å². The fraction of sp³-hybridized carbons (Fsp3) is 0.217. The van der Waals surface area contributed by atoms with Crippen LogP contribution in [-0.4, -0.2) is 41.2 Å². The zero-order valence-corrected chi connectivity index (χ0v) is 20.4. The molecule has 5 rings (SSSR count). The lowest BCUT2D eigenvalue weighted by Crippen LogP contribution is -2.17. The SMILES string of the molecule is Cc1cc(C)n2ncc(C(=O)Nc3c(C(N)=O)sc4nc(C(F)F)cc(-c5cn(C)nc5C)c34)c2n1. The molecule has 0 bridgehead atoms. The number of anilines is 1. The van der Waals surface area contributed by atoms with Gasteiger partial charge in [-0.25, -0.2) is 23.3 Å². The van der Waals surface area contributed by atoms with Gasteiger partial charge in [0, 0.05) is 35.6 Å². The Balaban J connectivity index is 1.74. The van der Waals surface area contributed by atoms with Gasteiger partial charge in [0.25, 0.3) is 18.2 Å². The number of aryl methyl sites for hydroxylation is 4. The average molecular weight is 511 g/mol. The van der Waals surface area contributed by atoms with Gasteiger partial charge in [0.2, 0.25) is 0 Å². The number of nitrogens with two attached hydrogens (primary N) is 1. The van der Waals surface area contributed by atoms with Crippen LogP contribution in [0.4, 0.5) is 14.5 Å². The molecule has 10 nitrogen and oxygen atoms in total. The molecule has 184 valence electrons. The molecule has 0 saturated heterocycles. The summed E-state index contributed by atoms with van der Waals surface area (Å²) in [5.41, 5.74) is 8.73. The maximum Gasteiger partial charge on any atom is 0.280 e. The molecule has 36 heavy (non-hydrogen) atoms. The molecule has 2 amide bonds. The highest BCUT2D eigenvalue weighted by Gasteiger charge is 2.27. The number of rotatable bonds is 5. The van der Waals surface area contributed by atoms with Crippen LogP contribution in [0.3, 0.4) is 0 Å². The molecule has 0 fully saturated rings. The van der Waals surface area contributed by atoms with Crippen molar-refractivity contribution in [2.75, 3.05) is 5.32 Å². The van der Waals surface area contributed by atoms with Gasteiger partial charge in [-0.05, 0) is 38.5 Å². The van der Waals surface area contributed by atoms with E-state index in [-0.39, 0.29) is 21.0 Å². The molecule has 3 N–H and O–H groups in total. The van der Waals surface area contributed by atoms with Crippen LogP contribution in [0.2, 0.25) is 0 Å². The van der Waals surface area contributed by atoms with E-state index < -0.39 is 23.9 Å². The molecule has 0 aliphatic rings. The number of primary amides is 1. The number of hydrogen-bond acceptors (Lipinski definition) is 7. The first-order valence-corrected chi connectivity index (χ1v) is 11.6. The third kappa shape index (κ3) is 3.77. The number of hydrogen-bond donors (Lipinski definition) is 2. The number of nitrogens with zero attached hydrogens (tertiary/aromatic N) is 6. The molecule has 0 saturated carbocycles. The number of halogens is 2. The molecule has 0 aromatic carbocycles. The van der Waals surface area contributed by atoms with Gasteiger partial charge in [-0.3, -0.25) is 14.3 Å². The van der Waals surface area contributed by atoms with Crippen molar-refractivity contribution in [3.05, 3.63) is 57.7 Å². The predicted molar refractivity (Wildman–Crippen MR) is 130 cm³/mol. The highest BCUT2D eigenvalue weighted by atomic mass is 32.1. The maximum absolute atomic E-state index is 13.7. The largest absolute Gasteiger partial charge is 0.365 e. The van der Waals surface area contributed by atoms with Gasteiger partial charge < -0.3 is 11.1 Å². The lowest BCUT2D eigenvalue weighted by atomic mass is 10.0. The molecule has 5 heterocycles. The molecule has 0 spiro atoms. The Hall–Kier alpha value is -4.26. The zero-order chi connectivity index (χ0) is 25.9. The first-order valence-electron chi connectivity index (χ1n) is 10.7. The van der Waals surface area contributed by atoms with Gasteiger partial charge in [-0.1, -0.05) is 0 Å². The van der Waals surface area contributed by atoms with E-state index in [1.807, 2.05) is 13.0 Å². The van der Waals surface area contributed by atoms with Crippen LogP contribution in [0.15, 0.2) is 24.5 Å². The summed E-state index contributed by atoms with van der Waals surface area (Å²) in [4.78, 5) is 34.4. The summed E-state index contributed by atoms with van der Waals surface area (Å²) < 4.78 is 30.5. The summed E-state index contributed by atoms with van der Waals surface area (Å²) in [6, 6.07) is 3.07. The number of carbonyl (C=O) groups excluding carboxylic acids is 2. The van der Waals surface area contributed by atoms with Crippen molar-refractivity contribution in [2.24, 2.45) is 12.8 Å². The Labute approximate surface area is 206 Å².